The van der Waals surface area contributed by atoms with Crippen molar-refractivity contribution in [3.05, 3.63) is 30.3 Å². The fourth-order valence-corrected chi connectivity index (χ4v) is 2.44. The number of likely N-dealkylation sites (N-methyl/N-ethyl adjacent to an activating group) is 2. The van der Waals surface area contributed by atoms with Crippen molar-refractivity contribution in [3.63, 3.8) is 0 Å². The van der Waals surface area contributed by atoms with Gasteiger partial charge in [-0.05, 0) is 31.4 Å². The number of rotatable bonds is 8. The van der Waals surface area contributed by atoms with Crippen LogP contribution in [0, 0.1) is 5.92 Å². The van der Waals surface area contributed by atoms with Gasteiger partial charge in [-0.3, -0.25) is 9.59 Å². The van der Waals surface area contributed by atoms with Crippen molar-refractivity contribution in [2.24, 2.45) is 5.92 Å². The predicted molar refractivity (Wildman–Crippen MR) is 94.4 cm³/mol. The fourth-order valence-electron chi connectivity index (χ4n) is 2.44. The van der Waals surface area contributed by atoms with Crippen LogP contribution in [0.5, 0.6) is 0 Å². The largest absolute Gasteiger partial charge is 0.363 e. The highest BCUT2D eigenvalue weighted by Crippen LogP contribution is 2.12. The first-order chi connectivity index (χ1) is 10.8. The van der Waals surface area contributed by atoms with Gasteiger partial charge < -0.3 is 15.1 Å². The molecule has 0 aliphatic heterocycles. The molecular weight excluding hydrogens is 290 g/mol. The van der Waals surface area contributed by atoms with Crippen molar-refractivity contribution >= 4 is 17.5 Å². The van der Waals surface area contributed by atoms with E-state index < -0.39 is 6.04 Å². The van der Waals surface area contributed by atoms with E-state index in [0.29, 0.717) is 12.3 Å². The zero-order chi connectivity index (χ0) is 17.4. The lowest BCUT2D eigenvalue weighted by molar-refractivity contribution is -0.134. The quantitative estimate of drug-likeness (QED) is 0.798. The third-order valence-electron chi connectivity index (χ3n) is 3.62. The molecule has 0 spiro atoms. The first-order valence-electron chi connectivity index (χ1n) is 8.15. The highest BCUT2D eigenvalue weighted by atomic mass is 16.2. The summed E-state index contributed by atoms with van der Waals surface area (Å²) in [5.74, 6) is 0.145. The topological polar surface area (TPSA) is 52.7 Å². The zero-order valence-corrected chi connectivity index (χ0v) is 14.9. The Morgan fingerprint density at radius 2 is 1.74 bits per heavy atom. The van der Waals surface area contributed by atoms with E-state index in [0.717, 1.165) is 12.2 Å². The molecule has 1 rings (SSSR count). The molecule has 0 unspecified atom stereocenters. The SMILES string of the molecule is CCN(CC(=O)N[C@H](CC(C)C)C(=O)N(C)C)c1ccccc1. The third-order valence-corrected chi connectivity index (χ3v) is 3.62. The Balaban J connectivity index is 2.72. The van der Waals surface area contributed by atoms with Gasteiger partial charge in [-0.1, -0.05) is 32.0 Å². The van der Waals surface area contributed by atoms with Crippen molar-refractivity contribution in [1.29, 1.82) is 0 Å². The summed E-state index contributed by atoms with van der Waals surface area (Å²) in [4.78, 5) is 28.1. The van der Waals surface area contributed by atoms with Crippen LogP contribution in [0.3, 0.4) is 0 Å². The highest BCUT2D eigenvalue weighted by Gasteiger charge is 2.24. The van der Waals surface area contributed by atoms with Gasteiger partial charge in [0.05, 0.1) is 6.54 Å². The Morgan fingerprint density at radius 3 is 2.22 bits per heavy atom. The molecule has 0 bridgehead atoms. The molecule has 5 nitrogen and oxygen atoms in total. The summed E-state index contributed by atoms with van der Waals surface area (Å²) in [5, 5.41) is 2.89. The molecular formula is C18H29N3O2. The van der Waals surface area contributed by atoms with Crippen LogP contribution in [0.15, 0.2) is 30.3 Å². The zero-order valence-electron chi connectivity index (χ0n) is 14.9. The minimum atomic E-state index is -0.466. The standard InChI is InChI=1S/C18H29N3O2/c1-6-21(15-10-8-7-9-11-15)13-17(22)19-16(12-14(2)3)18(23)20(4)5/h7-11,14,16H,6,12-13H2,1-5H3,(H,19,22)/t16-/m1/s1. The first-order valence-corrected chi connectivity index (χ1v) is 8.15. The maximum Gasteiger partial charge on any atom is 0.244 e. The molecule has 0 radical (unpaired) electrons. The first kappa shape index (κ1) is 19.0. The van der Waals surface area contributed by atoms with Crippen molar-refractivity contribution < 1.29 is 9.59 Å². The van der Waals surface area contributed by atoms with E-state index in [4.69, 9.17) is 0 Å². The second-order valence-corrected chi connectivity index (χ2v) is 6.33. The molecule has 2 amide bonds. The Morgan fingerprint density at radius 1 is 1.13 bits per heavy atom. The van der Waals surface area contributed by atoms with Gasteiger partial charge in [-0.2, -0.15) is 0 Å². The van der Waals surface area contributed by atoms with Gasteiger partial charge >= 0.3 is 0 Å². The summed E-state index contributed by atoms with van der Waals surface area (Å²) < 4.78 is 0. The van der Waals surface area contributed by atoms with E-state index in [-0.39, 0.29) is 18.4 Å². The lowest BCUT2D eigenvalue weighted by Gasteiger charge is -2.26. The van der Waals surface area contributed by atoms with Gasteiger partial charge in [0.1, 0.15) is 6.04 Å². The molecule has 0 saturated heterocycles. The Bertz CT molecular complexity index is 500. The average Bonchev–Trinajstić information content (AvgIpc) is 2.51. The van der Waals surface area contributed by atoms with E-state index in [1.165, 1.54) is 4.90 Å². The number of nitrogens with one attached hydrogen (secondary N) is 1. The maximum absolute atomic E-state index is 12.4. The summed E-state index contributed by atoms with van der Waals surface area (Å²) >= 11 is 0. The van der Waals surface area contributed by atoms with Crippen molar-refractivity contribution in [1.82, 2.24) is 10.2 Å². The lowest BCUT2D eigenvalue weighted by atomic mass is 10.0. The molecule has 0 heterocycles. The smallest absolute Gasteiger partial charge is 0.244 e. The number of hydrogen-bond acceptors (Lipinski definition) is 3. The number of para-hydroxylation sites is 1. The normalized spacial score (nSPS) is 11.9. The molecule has 0 fully saturated rings. The number of hydrogen-bond donors (Lipinski definition) is 1. The molecule has 0 aromatic heterocycles. The molecule has 128 valence electrons. The summed E-state index contributed by atoms with van der Waals surface area (Å²) in [6.45, 7) is 7.08. The van der Waals surface area contributed by atoms with Crippen LogP contribution in [-0.4, -0.2) is 49.9 Å². The van der Waals surface area contributed by atoms with Crippen molar-refractivity contribution in [2.75, 3.05) is 32.1 Å². The van der Waals surface area contributed by atoms with Crippen LogP contribution in [0.2, 0.25) is 0 Å². The van der Waals surface area contributed by atoms with E-state index in [1.807, 2.05) is 56.0 Å². The molecule has 1 aromatic carbocycles. The Labute approximate surface area is 139 Å². The summed E-state index contributed by atoms with van der Waals surface area (Å²) in [6.07, 6.45) is 0.639. The monoisotopic (exact) mass is 319 g/mol. The molecule has 0 aliphatic carbocycles. The molecule has 1 N–H and O–H groups in total. The van der Waals surface area contributed by atoms with Gasteiger partial charge in [0.2, 0.25) is 11.8 Å². The fraction of sp³-hybridized carbons (Fsp3) is 0.556. The van der Waals surface area contributed by atoms with E-state index in [2.05, 4.69) is 5.32 Å². The Hall–Kier alpha value is -2.04. The van der Waals surface area contributed by atoms with E-state index >= 15 is 0 Å². The minimum Gasteiger partial charge on any atom is -0.363 e. The number of amides is 2. The van der Waals surface area contributed by atoms with Crippen LogP contribution >= 0.6 is 0 Å². The molecule has 1 atom stereocenters. The maximum atomic E-state index is 12.4. The van der Waals surface area contributed by atoms with E-state index in [9.17, 15) is 9.59 Å². The molecule has 5 heteroatoms. The van der Waals surface area contributed by atoms with Crippen LogP contribution in [-0.2, 0) is 9.59 Å². The van der Waals surface area contributed by atoms with Gasteiger partial charge in [-0.15, -0.1) is 0 Å². The number of anilines is 1. The average molecular weight is 319 g/mol. The third kappa shape index (κ3) is 6.30. The van der Waals surface area contributed by atoms with Crippen LogP contribution in [0.25, 0.3) is 0 Å². The predicted octanol–water partition coefficient (Wildman–Crippen LogP) is 2.13. The number of nitrogens with zero attached hydrogens (tertiary/aromatic N) is 2. The second-order valence-electron chi connectivity index (χ2n) is 6.33. The molecule has 0 aliphatic rings. The van der Waals surface area contributed by atoms with Crippen molar-refractivity contribution in [2.45, 2.75) is 33.2 Å². The number of carbonyl (C=O) groups excluding carboxylic acids is 2. The summed E-state index contributed by atoms with van der Waals surface area (Å²) in [7, 11) is 3.42. The lowest BCUT2D eigenvalue weighted by Crippen LogP contribution is -2.49. The van der Waals surface area contributed by atoms with E-state index in [1.54, 1.807) is 14.1 Å². The van der Waals surface area contributed by atoms with Gasteiger partial charge in [0, 0.05) is 26.3 Å². The van der Waals surface area contributed by atoms with Crippen LogP contribution in [0.1, 0.15) is 27.2 Å². The van der Waals surface area contributed by atoms with Crippen LogP contribution < -0.4 is 10.2 Å². The second kappa shape index (κ2) is 9.18. The summed E-state index contributed by atoms with van der Waals surface area (Å²) in [6, 6.07) is 9.35. The highest BCUT2D eigenvalue weighted by molar-refractivity contribution is 5.89. The molecule has 23 heavy (non-hydrogen) atoms. The summed E-state index contributed by atoms with van der Waals surface area (Å²) in [5.41, 5.74) is 1.00. The van der Waals surface area contributed by atoms with Crippen LogP contribution in [0.4, 0.5) is 5.69 Å². The number of carbonyl (C=O) groups is 2. The van der Waals surface area contributed by atoms with Gasteiger partial charge in [0.15, 0.2) is 0 Å². The number of benzene rings is 1. The minimum absolute atomic E-state index is 0.0604. The molecule has 0 saturated carbocycles. The van der Waals surface area contributed by atoms with Crippen molar-refractivity contribution in [3.8, 4) is 0 Å². The van der Waals surface area contributed by atoms with Gasteiger partial charge in [0.25, 0.3) is 0 Å². The van der Waals surface area contributed by atoms with Gasteiger partial charge in [-0.25, -0.2) is 0 Å². The Kier molecular flexibility index (Phi) is 7.59. The molecule has 1 aromatic rings.